The predicted molar refractivity (Wildman–Crippen MR) is 92.2 cm³/mol. The van der Waals surface area contributed by atoms with E-state index in [0.29, 0.717) is 0 Å². The van der Waals surface area contributed by atoms with Gasteiger partial charge in [-0.15, -0.1) is 0 Å². The molecule has 1 aliphatic rings. The van der Waals surface area contributed by atoms with E-state index in [2.05, 4.69) is 6.92 Å². The van der Waals surface area contributed by atoms with Gasteiger partial charge in [0.25, 0.3) is 5.69 Å². The number of Topliss-reactive ketones (excluding diaryl/α,β-unsaturated/α-hetero) is 1. The van der Waals surface area contributed by atoms with Crippen molar-refractivity contribution in [3.8, 4) is 0 Å². The summed E-state index contributed by atoms with van der Waals surface area (Å²) in [5.74, 6) is 0.397. The minimum atomic E-state index is -0.405. The molecule has 0 unspecified atom stereocenters. The molecule has 0 heterocycles. The highest BCUT2D eigenvalue weighted by Gasteiger charge is 2.28. The number of non-ortho nitro benzene ring substituents is 1. The van der Waals surface area contributed by atoms with E-state index in [-0.39, 0.29) is 17.4 Å². The van der Waals surface area contributed by atoms with Gasteiger partial charge in [-0.1, -0.05) is 51.2 Å². The number of carbonyl (C=O) groups is 1. The molecule has 0 amide bonds. The van der Waals surface area contributed by atoms with Crippen molar-refractivity contribution in [2.75, 3.05) is 0 Å². The van der Waals surface area contributed by atoms with Gasteiger partial charge in [-0.2, -0.15) is 0 Å². The number of benzene rings is 1. The maximum Gasteiger partial charge on any atom is 0.270 e. The van der Waals surface area contributed by atoms with Crippen LogP contribution in [0.1, 0.15) is 63.9 Å². The van der Waals surface area contributed by atoms with E-state index >= 15 is 0 Å². The molecule has 0 bridgehead atoms. The summed E-state index contributed by atoms with van der Waals surface area (Å²) in [4.78, 5) is 22.9. The Morgan fingerprint density at radius 1 is 1.26 bits per heavy atom. The van der Waals surface area contributed by atoms with Gasteiger partial charge in [0.2, 0.25) is 0 Å². The number of ketones is 1. The monoisotopic (exact) mass is 315 g/mol. The molecule has 0 N–H and O–H groups in total. The first-order valence-electron chi connectivity index (χ1n) is 8.61. The number of nitro groups is 1. The number of nitrogens with zero attached hydrogens (tertiary/aromatic N) is 1. The molecule has 1 aromatic rings. The van der Waals surface area contributed by atoms with Crippen LogP contribution in [-0.2, 0) is 4.79 Å². The quantitative estimate of drug-likeness (QED) is 0.282. The van der Waals surface area contributed by atoms with Gasteiger partial charge in [-0.05, 0) is 36.5 Å². The van der Waals surface area contributed by atoms with Gasteiger partial charge in [0.1, 0.15) is 0 Å². The van der Waals surface area contributed by atoms with Crippen molar-refractivity contribution in [1.82, 2.24) is 0 Å². The van der Waals surface area contributed by atoms with E-state index in [1.54, 1.807) is 6.07 Å². The Morgan fingerprint density at radius 3 is 2.78 bits per heavy atom. The van der Waals surface area contributed by atoms with Crippen LogP contribution in [0.4, 0.5) is 5.69 Å². The fourth-order valence-electron chi connectivity index (χ4n) is 3.19. The van der Waals surface area contributed by atoms with E-state index in [4.69, 9.17) is 0 Å². The molecular formula is C19H25NO3. The Hall–Kier alpha value is -1.97. The van der Waals surface area contributed by atoms with Crippen molar-refractivity contribution in [3.63, 3.8) is 0 Å². The van der Waals surface area contributed by atoms with Crippen molar-refractivity contribution >= 4 is 17.5 Å². The molecule has 1 aromatic carbocycles. The molecule has 1 saturated carbocycles. The van der Waals surface area contributed by atoms with Gasteiger partial charge in [0.15, 0.2) is 5.78 Å². The third kappa shape index (κ3) is 5.02. The maximum atomic E-state index is 12.4. The maximum absolute atomic E-state index is 12.4. The molecule has 1 aliphatic carbocycles. The summed E-state index contributed by atoms with van der Waals surface area (Å²) in [6.07, 6.45) is 10.6. The Labute approximate surface area is 137 Å². The van der Waals surface area contributed by atoms with Crippen molar-refractivity contribution < 1.29 is 9.72 Å². The summed E-state index contributed by atoms with van der Waals surface area (Å²) in [6, 6.07) is 6.47. The number of unbranched alkanes of at least 4 members (excludes halogenated alkanes) is 4. The van der Waals surface area contributed by atoms with Crippen molar-refractivity contribution in [3.05, 3.63) is 45.5 Å². The third-order valence-electron chi connectivity index (χ3n) is 4.53. The minimum Gasteiger partial charge on any atom is -0.294 e. The van der Waals surface area contributed by atoms with Crippen molar-refractivity contribution in [2.24, 2.45) is 5.92 Å². The van der Waals surface area contributed by atoms with Gasteiger partial charge in [0, 0.05) is 18.1 Å². The van der Waals surface area contributed by atoms with Crippen LogP contribution in [0.15, 0.2) is 29.8 Å². The molecule has 23 heavy (non-hydrogen) atoms. The fourth-order valence-corrected chi connectivity index (χ4v) is 3.19. The highest BCUT2D eigenvalue weighted by atomic mass is 16.6. The molecule has 124 valence electrons. The lowest BCUT2D eigenvalue weighted by atomic mass is 9.97. The molecule has 1 atom stereocenters. The predicted octanol–water partition coefficient (Wildman–Crippen LogP) is 5.32. The Morgan fingerprint density at radius 2 is 2.04 bits per heavy atom. The summed E-state index contributed by atoms with van der Waals surface area (Å²) in [5.41, 5.74) is 1.63. The van der Waals surface area contributed by atoms with Crippen LogP contribution >= 0.6 is 0 Å². The molecule has 4 nitrogen and oxygen atoms in total. The lowest BCUT2D eigenvalue weighted by molar-refractivity contribution is -0.384. The Balaban J connectivity index is 1.93. The van der Waals surface area contributed by atoms with Crippen LogP contribution in [0, 0.1) is 16.0 Å². The molecule has 0 radical (unpaired) electrons. The lowest BCUT2D eigenvalue weighted by Crippen LogP contribution is -2.07. The molecule has 4 heteroatoms. The second kappa shape index (κ2) is 8.61. The standard InChI is InChI=1S/C19H25NO3/c1-2-3-4-5-6-9-16-11-12-17(19(16)21)13-15-8-7-10-18(14-15)20(22)23/h7-8,10,13-14,16H,2-6,9,11-12H2,1H3/b17-13-/t16-/m1/s1. The smallest absolute Gasteiger partial charge is 0.270 e. The van der Waals surface area contributed by atoms with Gasteiger partial charge in [0.05, 0.1) is 4.92 Å². The van der Waals surface area contributed by atoms with Gasteiger partial charge >= 0.3 is 0 Å². The number of hydrogen-bond acceptors (Lipinski definition) is 3. The largest absolute Gasteiger partial charge is 0.294 e. The highest BCUT2D eigenvalue weighted by Crippen LogP contribution is 2.32. The van der Waals surface area contributed by atoms with Gasteiger partial charge in [-0.25, -0.2) is 0 Å². The van der Waals surface area contributed by atoms with Crippen LogP contribution in [0.3, 0.4) is 0 Å². The lowest BCUT2D eigenvalue weighted by Gasteiger charge is -2.07. The van der Waals surface area contributed by atoms with Crippen molar-refractivity contribution in [2.45, 2.75) is 58.3 Å². The molecular weight excluding hydrogens is 290 g/mol. The van der Waals surface area contributed by atoms with E-state index in [9.17, 15) is 14.9 Å². The first kappa shape index (κ1) is 17.4. The average molecular weight is 315 g/mol. The second-order valence-electron chi connectivity index (χ2n) is 6.32. The first-order valence-corrected chi connectivity index (χ1v) is 8.61. The molecule has 2 rings (SSSR count). The van der Waals surface area contributed by atoms with Crippen LogP contribution in [-0.4, -0.2) is 10.7 Å². The summed E-state index contributed by atoms with van der Waals surface area (Å²) < 4.78 is 0. The Bertz CT molecular complexity index is 592. The number of allylic oxidation sites excluding steroid dienone is 1. The molecule has 0 spiro atoms. The van der Waals surface area contributed by atoms with Crippen LogP contribution in [0.5, 0.6) is 0 Å². The zero-order valence-corrected chi connectivity index (χ0v) is 13.8. The highest BCUT2D eigenvalue weighted by molar-refractivity contribution is 6.03. The molecule has 0 aromatic heterocycles. The Kier molecular flexibility index (Phi) is 6.51. The SMILES string of the molecule is CCCCCCC[C@@H]1CC/C(=C/c2cccc([N+](=O)[O-])c2)C1=O. The van der Waals surface area contributed by atoms with E-state index in [1.165, 1.54) is 37.8 Å². The second-order valence-corrected chi connectivity index (χ2v) is 6.32. The first-order chi connectivity index (χ1) is 11.1. The van der Waals surface area contributed by atoms with Crippen LogP contribution in [0.2, 0.25) is 0 Å². The van der Waals surface area contributed by atoms with E-state index in [0.717, 1.165) is 36.8 Å². The van der Waals surface area contributed by atoms with E-state index < -0.39 is 4.92 Å². The fraction of sp³-hybridized carbons (Fsp3) is 0.526. The van der Waals surface area contributed by atoms with Crippen molar-refractivity contribution in [1.29, 1.82) is 0 Å². The summed E-state index contributed by atoms with van der Waals surface area (Å²) in [6.45, 7) is 2.20. The molecule has 0 aliphatic heterocycles. The van der Waals surface area contributed by atoms with Gasteiger partial charge < -0.3 is 0 Å². The van der Waals surface area contributed by atoms with E-state index in [1.807, 2.05) is 12.1 Å². The topological polar surface area (TPSA) is 60.2 Å². The minimum absolute atomic E-state index is 0.0669. The number of rotatable bonds is 8. The van der Waals surface area contributed by atoms with Crippen LogP contribution < -0.4 is 0 Å². The zero-order chi connectivity index (χ0) is 16.7. The average Bonchev–Trinajstić information content (AvgIpc) is 2.88. The normalized spacial score (nSPS) is 19.4. The summed E-state index contributed by atoms with van der Waals surface area (Å²) in [7, 11) is 0. The molecule has 0 saturated heterocycles. The summed E-state index contributed by atoms with van der Waals surface area (Å²) >= 11 is 0. The zero-order valence-electron chi connectivity index (χ0n) is 13.8. The summed E-state index contributed by atoms with van der Waals surface area (Å²) in [5, 5.41) is 10.8. The van der Waals surface area contributed by atoms with Crippen LogP contribution in [0.25, 0.3) is 6.08 Å². The number of hydrogen-bond donors (Lipinski definition) is 0. The van der Waals surface area contributed by atoms with Gasteiger partial charge in [-0.3, -0.25) is 14.9 Å². The molecule has 1 fully saturated rings. The third-order valence-corrected chi connectivity index (χ3v) is 4.53. The number of carbonyl (C=O) groups excluding carboxylic acids is 1. The number of nitro benzene ring substituents is 1.